The molecule has 0 aliphatic heterocycles. The highest BCUT2D eigenvalue weighted by Gasteiger charge is 2.34. The lowest BCUT2D eigenvalue weighted by Gasteiger charge is -2.24. The first kappa shape index (κ1) is 12.6. The van der Waals surface area contributed by atoms with Gasteiger partial charge in [-0.25, -0.2) is 4.39 Å². The van der Waals surface area contributed by atoms with Crippen molar-refractivity contribution in [3.63, 3.8) is 0 Å². The zero-order valence-electron chi connectivity index (χ0n) is 9.33. The molecule has 1 aromatic carbocycles. The molecule has 4 heteroatoms. The number of carbonyl (C=O) groups is 1. The van der Waals surface area contributed by atoms with Crippen molar-refractivity contribution in [3.05, 3.63) is 35.1 Å². The van der Waals surface area contributed by atoms with Gasteiger partial charge in [-0.05, 0) is 37.5 Å². The fourth-order valence-electron chi connectivity index (χ4n) is 1.59. The number of rotatable bonds is 4. The first-order valence-electron chi connectivity index (χ1n) is 5.02. The Bertz CT molecular complexity index is 403. The van der Waals surface area contributed by atoms with E-state index >= 15 is 0 Å². The number of carboxylic acid groups (broad SMARTS) is 1. The van der Waals surface area contributed by atoms with Crippen LogP contribution in [-0.4, -0.2) is 22.8 Å². The first-order valence-corrected chi connectivity index (χ1v) is 5.02. The van der Waals surface area contributed by atoms with E-state index in [0.29, 0.717) is 11.1 Å². The Morgan fingerprint density at radius 2 is 2.12 bits per heavy atom. The number of aliphatic hydroxyl groups is 1. The first-order chi connectivity index (χ1) is 7.41. The number of benzene rings is 1. The molecule has 0 aliphatic carbocycles. The molecular formula is C12H15FO3. The van der Waals surface area contributed by atoms with E-state index in [2.05, 4.69) is 0 Å². The van der Waals surface area contributed by atoms with Crippen LogP contribution in [-0.2, 0) is 10.2 Å². The Morgan fingerprint density at radius 3 is 2.56 bits per heavy atom. The van der Waals surface area contributed by atoms with E-state index in [4.69, 9.17) is 5.11 Å². The lowest BCUT2D eigenvalue weighted by atomic mass is 9.79. The van der Waals surface area contributed by atoms with Gasteiger partial charge in [0.2, 0.25) is 0 Å². The summed E-state index contributed by atoms with van der Waals surface area (Å²) in [5.41, 5.74) is -0.261. The van der Waals surface area contributed by atoms with Crippen LogP contribution in [0.1, 0.15) is 24.5 Å². The summed E-state index contributed by atoms with van der Waals surface area (Å²) < 4.78 is 13.1. The van der Waals surface area contributed by atoms with E-state index in [-0.39, 0.29) is 18.8 Å². The molecule has 88 valence electrons. The number of halogens is 1. The highest BCUT2D eigenvalue weighted by molar-refractivity contribution is 5.80. The Kier molecular flexibility index (Phi) is 3.65. The lowest BCUT2D eigenvalue weighted by molar-refractivity contribution is -0.143. The van der Waals surface area contributed by atoms with Gasteiger partial charge in [-0.1, -0.05) is 12.1 Å². The molecule has 1 rings (SSSR count). The SMILES string of the molecule is Cc1cc(C(C)(CCO)C(=O)O)ccc1F. The van der Waals surface area contributed by atoms with Crippen molar-refractivity contribution in [3.8, 4) is 0 Å². The third-order valence-electron chi connectivity index (χ3n) is 2.88. The van der Waals surface area contributed by atoms with Crippen LogP contribution in [0.4, 0.5) is 4.39 Å². The molecule has 0 aromatic heterocycles. The van der Waals surface area contributed by atoms with Crippen LogP contribution in [0.2, 0.25) is 0 Å². The normalized spacial score (nSPS) is 14.5. The van der Waals surface area contributed by atoms with Gasteiger partial charge in [-0.2, -0.15) is 0 Å². The predicted molar refractivity (Wildman–Crippen MR) is 57.8 cm³/mol. The van der Waals surface area contributed by atoms with Crippen LogP contribution in [0.25, 0.3) is 0 Å². The summed E-state index contributed by atoms with van der Waals surface area (Å²) in [5.74, 6) is -1.38. The average Bonchev–Trinajstić information content (AvgIpc) is 2.22. The maximum atomic E-state index is 13.1. The molecule has 16 heavy (non-hydrogen) atoms. The Balaban J connectivity index is 3.21. The maximum Gasteiger partial charge on any atom is 0.313 e. The molecule has 0 fully saturated rings. The van der Waals surface area contributed by atoms with Gasteiger partial charge in [-0.3, -0.25) is 4.79 Å². The van der Waals surface area contributed by atoms with Gasteiger partial charge in [0.1, 0.15) is 5.82 Å². The summed E-state index contributed by atoms with van der Waals surface area (Å²) in [6.45, 7) is 2.89. The van der Waals surface area contributed by atoms with Crippen LogP contribution < -0.4 is 0 Å². The van der Waals surface area contributed by atoms with Crippen molar-refractivity contribution < 1.29 is 19.4 Å². The highest BCUT2D eigenvalue weighted by atomic mass is 19.1. The number of aryl methyl sites for hydroxylation is 1. The van der Waals surface area contributed by atoms with Crippen molar-refractivity contribution in [1.82, 2.24) is 0 Å². The summed E-state index contributed by atoms with van der Waals surface area (Å²) in [7, 11) is 0. The number of aliphatic hydroxyl groups excluding tert-OH is 1. The second-order valence-corrected chi connectivity index (χ2v) is 4.07. The maximum absolute atomic E-state index is 13.1. The van der Waals surface area contributed by atoms with Crippen LogP contribution >= 0.6 is 0 Å². The molecule has 0 spiro atoms. The van der Waals surface area contributed by atoms with E-state index < -0.39 is 11.4 Å². The number of carboxylic acids is 1. The third-order valence-corrected chi connectivity index (χ3v) is 2.88. The second-order valence-electron chi connectivity index (χ2n) is 4.07. The van der Waals surface area contributed by atoms with Crippen molar-refractivity contribution in [2.75, 3.05) is 6.61 Å². The van der Waals surface area contributed by atoms with Crippen molar-refractivity contribution in [2.24, 2.45) is 0 Å². The van der Waals surface area contributed by atoms with Gasteiger partial charge in [0.25, 0.3) is 0 Å². The van der Waals surface area contributed by atoms with Crippen molar-refractivity contribution in [1.29, 1.82) is 0 Å². The van der Waals surface area contributed by atoms with E-state index in [9.17, 15) is 14.3 Å². The van der Waals surface area contributed by atoms with E-state index in [1.165, 1.54) is 25.1 Å². The lowest BCUT2D eigenvalue weighted by Crippen LogP contribution is -2.33. The molecule has 1 atom stereocenters. The molecule has 1 unspecified atom stereocenters. The molecular weight excluding hydrogens is 211 g/mol. The summed E-state index contributed by atoms with van der Waals surface area (Å²) in [6, 6.07) is 4.22. The highest BCUT2D eigenvalue weighted by Crippen LogP contribution is 2.29. The minimum Gasteiger partial charge on any atom is -0.481 e. The topological polar surface area (TPSA) is 57.5 Å². The predicted octanol–water partition coefficient (Wildman–Crippen LogP) is 1.86. The van der Waals surface area contributed by atoms with Gasteiger partial charge in [0, 0.05) is 6.61 Å². The van der Waals surface area contributed by atoms with Crippen LogP contribution in [0.15, 0.2) is 18.2 Å². The van der Waals surface area contributed by atoms with E-state index in [1.807, 2.05) is 0 Å². The molecule has 0 bridgehead atoms. The fraction of sp³-hybridized carbons (Fsp3) is 0.417. The van der Waals surface area contributed by atoms with Crippen LogP contribution in [0.3, 0.4) is 0 Å². The van der Waals surface area contributed by atoms with Crippen molar-refractivity contribution >= 4 is 5.97 Å². The second kappa shape index (κ2) is 4.61. The molecule has 2 N–H and O–H groups in total. The summed E-state index contributed by atoms with van der Waals surface area (Å²) in [5, 5.41) is 18.1. The average molecular weight is 226 g/mol. The van der Waals surface area contributed by atoms with Gasteiger partial charge in [-0.15, -0.1) is 0 Å². The van der Waals surface area contributed by atoms with Crippen LogP contribution in [0.5, 0.6) is 0 Å². The van der Waals surface area contributed by atoms with Gasteiger partial charge in [0.15, 0.2) is 0 Å². The number of aliphatic carboxylic acids is 1. The summed E-state index contributed by atoms with van der Waals surface area (Å²) in [4.78, 5) is 11.2. The molecule has 0 heterocycles. The monoisotopic (exact) mass is 226 g/mol. The van der Waals surface area contributed by atoms with Gasteiger partial charge in [0.05, 0.1) is 5.41 Å². The smallest absolute Gasteiger partial charge is 0.313 e. The Morgan fingerprint density at radius 1 is 1.50 bits per heavy atom. The molecule has 0 saturated carbocycles. The van der Waals surface area contributed by atoms with Crippen LogP contribution in [0, 0.1) is 12.7 Å². The third kappa shape index (κ3) is 2.22. The standard InChI is InChI=1S/C12H15FO3/c1-8-7-9(3-4-10(8)13)12(2,5-6-14)11(15)16/h3-4,7,14H,5-6H2,1-2H3,(H,15,16). The fourth-order valence-corrected chi connectivity index (χ4v) is 1.59. The Labute approximate surface area is 93.5 Å². The minimum absolute atomic E-state index is 0.105. The number of hydrogen-bond acceptors (Lipinski definition) is 2. The molecule has 1 aromatic rings. The zero-order chi connectivity index (χ0) is 12.3. The zero-order valence-corrected chi connectivity index (χ0v) is 9.33. The molecule has 0 saturated heterocycles. The quantitative estimate of drug-likeness (QED) is 0.823. The molecule has 0 amide bonds. The van der Waals surface area contributed by atoms with E-state index in [1.54, 1.807) is 6.92 Å². The summed E-state index contributed by atoms with van der Waals surface area (Å²) >= 11 is 0. The minimum atomic E-state index is -1.17. The molecule has 0 radical (unpaired) electrons. The van der Waals surface area contributed by atoms with Crippen molar-refractivity contribution in [2.45, 2.75) is 25.7 Å². The number of hydrogen-bond donors (Lipinski definition) is 2. The molecule has 0 aliphatic rings. The Hall–Kier alpha value is -1.42. The largest absolute Gasteiger partial charge is 0.481 e. The van der Waals surface area contributed by atoms with Gasteiger partial charge >= 0.3 is 5.97 Å². The summed E-state index contributed by atoms with van der Waals surface area (Å²) in [6.07, 6.45) is 0.105. The molecule has 3 nitrogen and oxygen atoms in total. The van der Waals surface area contributed by atoms with E-state index in [0.717, 1.165) is 0 Å². The van der Waals surface area contributed by atoms with Gasteiger partial charge < -0.3 is 10.2 Å².